The third kappa shape index (κ3) is 5.85. The van der Waals surface area contributed by atoms with Gasteiger partial charge in [-0.2, -0.15) is 5.10 Å². The zero-order valence-corrected chi connectivity index (χ0v) is 22.2. The largest absolute Gasteiger partial charge is 0.494 e. The number of carbonyl (C=O) groups excluding carboxylic acids is 1. The molecule has 2 aromatic carbocycles. The predicted octanol–water partition coefficient (Wildman–Crippen LogP) is 6.96. The van der Waals surface area contributed by atoms with Crippen LogP contribution >= 0.6 is 24.0 Å². The van der Waals surface area contributed by atoms with Crippen LogP contribution in [0.15, 0.2) is 65.7 Å². The minimum atomic E-state index is -0.0401. The first-order valence-corrected chi connectivity index (χ1v) is 13.2. The second kappa shape index (κ2) is 11.2. The van der Waals surface area contributed by atoms with E-state index in [-0.39, 0.29) is 11.9 Å². The molecule has 1 unspecified atom stereocenters. The number of nitrogens with zero attached hydrogens (tertiary/aromatic N) is 3. The summed E-state index contributed by atoms with van der Waals surface area (Å²) in [5.74, 6) is 1.40. The molecule has 35 heavy (non-hydrogen) atoms. The monoisotopic (exact) mass is 505 g/mol. The number of aromatic nitrogens is 2. The highest BCUT2D eigenvalue weighted by Crippen LogP contribution is 2.36. The van der Waals surface area contributed by atoms with Gasteiger partial charge in [-0.1, -0.05) is 63.0 Å². The van der Waals surface area contributed by atoms with Crippen LogP contribution in [-0.2, 0) is 4.79 Å². The van der Waals surface area contributed by atoms with Crippen molar-refractivity contribution in [1.82, 2.24) is 14.7 Å². The highest BCUT2D eigenvalue weighted by atomic mass is 32.2. The molecule has 0 N–H and O–H groups in total. The minimum Gasteiger partial charge on any atom is -0.494 e. The Morgan fingerprint density at radius 1 is 1.09 bits per heavy atom. The Balaban J connectivity index is 1.68. The molecule has 0 saturated carbocycles. The number of thiocarbonyl (C=S) groups is 1. The molecule has 5 nitrogen and oxygen atoms in total. The van der Waals surface area contributed by atoms with Gasteiger partial charge in [-0.25, -0.2) is 4.68 Å². The Labute approximate surface area is 217 Å². The van der Waals surface area contributed by atoms with Gasteiger partial charge in [-0.15, -0.1) is 0 Å². The van der Waals surface area contributed by atoms with E-state index in [0.29, 0.717) is 21.8 Å². The van der Waals surface area contributed by atoms with E-state index < -0.39 is 0 Å². The lowest BCUT2D eigenvalue weighted by Crippen LogP contribution is -2.36. The van der Waals surface area contributed by atoms with Gasteiger partial charge in [-0.05, 0) is 68.2 Å². The smallest absolute Gasteiger partial charge is 0.266 e. The third-order valence-electron chi connectivity index (χ3n) is 6.00. The molecule has 0 radical (unpaired) electrons. The van der Waals surface area contributed by atoms with Crippen molar-refractivity contribution in [2.24, 2.45) is 5.92 Å². The van der Waals surface area contributed by atoms with E-state index in [2.05, 4.69) is 20.8 Å². The summed E-state index contributed by atoms with van der Waals surface area (Å²) in [7, 11) is 0. The van der Waals surface area contributed by atoms with Gasteiger partial charge in [0.15, 0.2) is 0 Å². The average Bonchev–Trinajstić information content (AvgIpc) is 3.40. The number of amides is 1. The van der Waals surface area contributed by atoms with Crippen molar-refractivity contribution in [3.05, 3.63) is 71.3 Å². The number of benzene rings is 2. The Morgan fingerprint density at radius 3 is 2.46 bits per heavy atom. The van der Waals surface area contributed by atoms with E-state index in [9.17, 15) is 4.79 Å². The van der Waals surface area contributed by atoms with Crippen molar-refractivity contribution >= 4 is 40.3 Å². The number of rotatable bonds is 9. The number of ether oxygens (including phenoxy) is 1. The summed E-state index contributed by atoms with van der Waals surface area (Å²) in [6.07, 6.45) is 5.74. The maximum Gasteiger partial charge on any atom is 0.266 e. The Morgan fingerprint density at radius 2 is 1.80 bits per heavy atom. The normalized spacial score (nSPS) is 15.9. The maximum atomic E-state index is 13.1. The summed E-state index contributed by atoms with van der Waals surface area (Å²) in [5.41, 5.74) is 3.58. The van der Waals surface area contributed by atoms with E-state index in [1.165, 1.54) is 11.8 Å². The van der Waals surface area contributed by atoms with E-state index >= 15 is 0 Å². The van der Waals surface area contributed by atoms with Crippen LogP contribution in [0.4, 0.5) is 0 Å². The molecule has 182 valence electrons. The maximum absolute atomic E-state index is 13.1. The SMILES string of the molecule is CCC(C)N1C(=O)/C(=C/c2cn(-c3ccccc3)nc2-c2ccc(OCCC(C)C)cc2)SC1=S. The topological polar surface area (TPSA) is 47.4 Å². The molecule has 7 heteroatoms. The molecule has 1 fully saturated rings. The lowest BCUT2D eigenvalue weighted by atomic mass is 10.1. The summed E-state index contributed by atoms with van der Waals surface area (Å²) in [5, 5.41) is 4.89. The molecule has 1 saturated heterocycles. The average molecular weight is 506 g/mol. The first-order valence-electron chi connectivity index (χ1n) is 12.0. The van der Waals surface area contributed by atoms with Gasteiger partial charge in [0.1, 0.15) is 10.1 Å². The van der Waals surface area contributed by atoms with E-state index in [4.69, 9.17) is 22.1 Å². The molecule has 0 spiro atoms. The van der Waals surface area contributed by atoms with Crippen LogP contribution in [0, 0.1) is 5.92 Å². The van der Waals surface area contributed by atoms with Gasteiger partial charge >= 0.3 is 0 Å². The van der Waals surface area contributed by atoms with Gasteiger partial charge < -0.3 is 4.74 Å². The molecule has 0 aliphatic carbocycles. The summed E-state index contributed by atoms with van der Waals surface area (Å²) >= 11 is 6.87. The van der Waals surface area contributed by atoms with Crippen LogP contribution in [0.3, 0.4) is 0 Å². The molecule has 4 rings (SSSR count). The second-order valence-electron chi connectivity index (χ2n) is 9.08. The first kappa shape index (κ1) is 25.2. The number of thioether (sulfide) groups is 1. The summed E-state index contributed by atoms with van der Waals surface area (Å²) in [6.45, 7) is 9.16. The molecule has 3 aromatic rings. The fraction of sp³-hybridized carbons (Fsp3) is 0.321. The molecule has 2 heterocycles. The van der Waals surface area contributed by atoms with Crippen molar-refractivity contribution in [2.75, 3.05) is 6.61 Å². The number of para-hydroxylation sites is 1. The molecular weight excluding hydrogens is 474 g/mol. The molecule has 1 aliphatic heterocycles. The fourth-order valence-corrected chi connectivity index (χ4v) is 5.19. The quantitative estimate of drug-likeness (QED) is 0.232. The van der Waals surface area contributed by atoms with E-state index in [1.807, 2.05) is 78.5 Å². The molecule has 0 bridgehead atoms. The molecular formula is C28H31N3O2S2. The first-order chi connectivity index (χ1) is 16.9. The van der Waals surface area contributed by atoms with E-state index in [0.717, 1.165) is 41.1 Å². The van der Waals surface area contributed by atoms with Gasteiger partial charge in [0.2, 0.25) is 0 Å². The zero-order chi connectivity index (χ0) is 24.9. The Hall–Kier alpha value is -2.90. The molecule has 1 atom stereocenters. The molecule has 1 aromatic heterocycles. The Bertz CT molecular complexity index is 1220. The van der Waals surface area contributed by atoms with E-state index in [1.54, 1.807) is 4.90 Å². The van der Waals surface area contributed by atoms with Gasteiger partial charge in [0, 0.05) is 23.4 Å². The van der Waals surface area contributed by atoms with Crippen molar-refractivity contribution in [3.8, 4) is 22.7 Å². The van der Waals surface area contributed by atoms with Crippen LogP contribution in [0.5, 0.6) is 5.75 Å². The molecule has 1 aliphatic rings. The van der Waals surface area contributed by atoms with Gasteiger partial charge in [0.05, 0.1) is 22.9 Å². The van der Waals surface area contributed by atoms with Crippen LogP contribution in [0.2, 0.25) is 0 Å². The standard InChI is InChI=1S/C28H31N3O2S2/c1-5-20(4)31-27(32)25(35-28(31)34)17-22-18-30(23-9-7-6-8-10-23)29-26(22)21-11-13-24(14-12-21)33-16-15-19(2)3/h6-14,17-20H,5,15-16H2,1-4H3/b25-17-. The van der Waals surface area contributed by atoms with Crippen LogP contribution in [0.25, 0.3) is 23.0 Å². The summed E-state index contributed by atoms with van der Waals surface area (Å²) < 4.78 is 8.34. The number of hydrogen-bond acceptors (Lipinski definition) is 5. The van der Waals surface area contributed by atoms with Crippen molar-refractivity contribution in [2.45, 2.75) is 46.6 Å². The van der Waals surface area contributed by atoms with Crippen LogP contribution in [0.1, 0.15) is 46.1 Å². The third-order valence-corrected chi connectivity index (χ3v) is 7.33. The lowest BCUT2D eigenvalue weighted by Gasteiger charge is -2.21. The fourth-order valence-electron chi connectivity index (χ4n) is 3.74. The van der Waals surface area contributed by atoms with Crippen LogP contribution < -0.4 is 4.74 Å². The lowest BCUT2D eigenvalue weighted by molar-refractivity contribution is -0.123. The van der Waals surface area contributed by atoms with Gasteiger partial charge in [-0.3, -0.25) is 9.69 Å². The Kier molecular flexibility index (Phi) is 8.08. The van der Waals surface area contributed by atoms with Crippen molar-refractivity contribution in [1.29, 1.82) is 0 Å². The van der Waals surface area contributed by atoms with Crippen LogP contribution in [-0.4, -0.2) is 37.6 Å². The molecule has 1 amide bonds. The zero-order valence-electron chi connectivity index (χ0n) is 20.6. The highest BCUT2D eigenvalue weighted by molar-refractivity contribution is 8.26. The number of carbonyl (C=O) groups is 1. The summed E-state index contributed by atoms with van der Waals surface area (Å²) in [4.78, 5) is 15.5. The van der Waals surface area contributed by atoms with Gasteiger partial charge in [0.25, 0.3) is 5.91 Å². The minimum absolute atomic E-state index is 0.0401. The second-order valence-corrected chi connectivity index (χ2v) is 10.8. The highest BCUT2D eigenvalue weighted by Gasteiger charge is 2.35. The van der Waals surface area contributed by atoms with Crippen molar-refractivity contribution in [3.63, 3.8) is 0 Å². The number of hydrogen-bond donors (Lipinski definition) is 0. The predicted molar refractivity (Wildman–Crippen MR) is 149 cm³/mol. The summed E-state index contributed by atoms with van der Waals surface area (Å²) in [6, 6.07) is 18.0. The van der Waals surface area contributed by atoms with Crippen molar-refractivity contribution < 1.29 is 9.53 Å².